The van der Waals surface area contributed by atoms with Crippen LogP contribution < -0.4 is 51.1 Å². The predicted octanol–water partition coefficient (Wildman–Crippen LogP) is 9.37. The molecule has 10 rings (SSSR count). The Morgan fingerprint density at radius 1 is 0.479 bits per heavy atom. The van der Waals surface area contributed by atoms with E-state index in [-0.39, 0.29) is 0 Å². The predicted molar refractivity (Wildman–Crippen MR) is 287 cm³/mol. The number of nitrogens with one attached hydrogen (secondary N) is 6. The van der Waals surface area contributed by atoms with Gasteiger partial charge in [-0.25, -0.2) is 28.3 Å². The first-order chi connectivity index (χ1) is 35.5. The molecule has 0 amide bonds. The maximum atomic E-state index is 4.95. The lowest BCUT2D eigenvalue weighted by atomic mass is 10.2. The van der Waals surface area contributed by atoms with Crippen LogP contribution >= 0.6 is 0 Å². The Morgan fingerprint density at radius 2 is 0.890 bits per heavy atom. The summed E-state index contributed by atoms with van der Waals surface area (Å²) in [6.07, 6.45) is 11.7. The Kier molecular flexibility index (Phi) is 13.6. The third-order valence-corrected chi connectivity index (χ3v) is 12.3. The molecule has 20 heteroatoms. The summed E-state index contributed by atoms with van der Waals surface area (Å²) in [4.78, 5) is 19.3. The first-order valence-corrected chi connectivity index (χ1v) is 23.7. The van der Waals surface area contributed by atoms with Crippen LogP contribution in [0.5, 0.6) is 0 Å². The van der Waals surface area contributed by atoms with Gasteiger partial charge in [0, 0.05) is 76.2 Å². The fourth-order valence-electron chi connectivity index (χ4n) is 8.16. The molecule has 73 heavy (non-hydrogen) atoms. The molecule has 1 fully saturated rings. The molecule has 2 aliphatic rings. The number of nitrogens with zero attached hydrogens (tertiary/aromatic N) is 14. The van der Waals surface area contributed by atoms with Crippen LogP contribution in [0, 0.1) is 0 Å². The highest BCUT2D eigenvalue weighted by atomic mass is 15.4. The summed E-state index contributed by atoms with van der Waals surface area (Å²) in [5.74, 6) is 3.84. The lowest BCUT2D eigenvalue weighted by molar-refractivity contribution is -0.657. The van der Waals surface area contributed by atoms with Gasteiger partial charge >= 0.3 is 17.7 Å². The van der Waals surface area contributed by atoms with Crippen molar-refractivity contribution in [2.45, 2.75) is 0 Å². The zero-order chi connectivity index (χ0) is 50.3. The number of imidazole rings is 2. The number of azo groups is 2. The number of aryl methyl sites for hydroxylation is 4. The number of amidine groups is 1. The molecular formula is C53H57N20+3. The van der Waals surface area contributed by atoms with Crippen molar-refractivity contribution in [3.63, 3.8) is 0 Å². The third-order valence-electron chi connectivity index (χ3n) is 12.3. The molecule has 0 atom stereocenters. The minimum Gasteiger partial charge on any atom is -0.368 e. The minimum atomic E-state index is 0.418. The number of hydrazine groups is 1. The highest BCUT2D eigenvalue weighted by Gasteiger charge is 2.22. The van der Waals surface area contributed by atoms with Gasteiger partial charge in [0.2, 0.25) is 17.8 Å². The molecule has 6 N–H and O–H groups in total. The van der Waals surface area contributed by atoms with Crippen molar-refractivity contribution in [3.8, 4) is 0 Å². The Balaban J connectivity index is 0.804. The monoisotopic (exact) mass is 974 g/mol. The van der Waals surface area contributed by atoms with E-state index in [1.54, 1.807) is 0 Å². The van der Waals surface area contributed by atoms with Gasteiger partial charge < -0.3 is 31.1 Å². The summed E-state index contributed by atoms with van der Waals surface area (Å²) < 4.78 is 9.68. The molecule has 8 aromatic rings. The van der Waals surface area contributed by atoms with Crippen molar-refractivity contribution in [1.29, 1.82) is 0 Å². The van der Waals surface area contributed by atoms with Crippen molar-refractivity contribution in [3.05, 3.63) is 171 Å². The van der Waals surface area contributed by atoms with Crippen LogP contribution in [0.15, 0.2) is 191 Å². The van der Waals surface area contributed by atoms with Crippen LogP contribution in [0.2, 0.25) is 0 Å². The summed E-state index contributed by atoms with van der Waals surface area (Å²) in [5.41, 5.74) is 16.4. The van der Waals surface area contributed by atoms with E-state index < -0.39 is 0 Å². The fourth-order valence-corrected chi connectivity index (χ4v) is 8.16. The molecule has 0 radical (unpaired) electrons. The SMILES string of the molecule is C=C1C=C[N+](C)=C1NNc1ccc(N2CCN(c3nc(Nc4ccc(Nc5ccc(N=Nc6n(C)cc[n+]6C)cc5)cc4)nc(Nc4ccc(Nc5ccc(N=Nc6n(C)cc[n+]6C)cc5)cc4)n3)CC2)cc1. The summed E-state index contributed by atoms with van der Waals surface area (Å²) >= 11 is 0. The molecule has 0 bridgehead atoms. The van der Waals surface area contributed by atoms with Gasteiger partial charge in [-0.15, -0.1) is 0 Å². The lowest BCUT2D eigenvalue weighted by Crippen LogP contribution is -2.47. The molecule has 0 unspecified atom stereocenters. The summed E-state index contributed by atoms with van der Waals surface area (Å²) in [7, 11) is 9.75. The Morgan fingerprint density at radius 3 is 1.30 bits per heavy atom. The summed E-state index contributed by atoms with van der Waals surface area (Å²) in [6.45, 7) is 7.11. The first kappa shape index (κ1) is 47.0. The molecular weight excluding hydrogens is 917 g/mol. The van der Waals surface area contributed by atoms with Crippen LogP contribution in [0.4, 0.5) is 86.6 Å². The van der Waals surface area contributed by atoms with Crippen molar-refractivity contribution in [1.82, 2.24) is 29.5 Å². The van der Waals surface area contributed by atoms with Crippen molar-refractivity contribution < 1.29 is 13.7 Å². The number of hydrogen-bond donors (Lipinski definition) is 6. The second kappa shape index (κ2) is 21.1. The molecule has 0 saturated carbocycles. The molecule has 366 valence electrons. The van der Waals surface area contributed by atoms with Crippen molar-refractivity contribution >= 4 is 92.5 Å². The van der Waals surface area contributed by atoms with Crippen LogP contribution in [-0.2, 0) is 28.2 Å². The van der Waals surface area contributed by atoms with Crippen molar-refractivity contribution in [2.24, 2.45) is 48.6 Å². The number of aromatic nitrogens is 7. The van der Waals surface area contributed by atoms with Gasteiger partial charge in [-0.2, -0.15) is 20.4 Å². The van der Waals surface area contributed by atoms with E-state index in [1.165, 1.54) is 0 Å². The van der Waals surface area contributed by atoms with Gasteiger partial charge in [0.05, 0.1) is 77.5 Å². The number of anilines is 11. The van der Waals surface area contributed by atoms with Gasteiger partial charge in [-0.1, -0.05) is 16.8 Å². The molecule has 3 aromatic heterocycles. The normalized spacial score (nSPS) is 13.6. The van der Waals surface area contributed by atoms with Gasteiger partial charge in [0.15, 0.2) is 0 Å². The smallest absolute Gasteiger partial charge is 0.368 e. The van der Waals surface area contributed by atoms with E-state index in [1.807, 2.05) is 192 Å². The summed E-state index contributed by atoms with van der Waals surface area (Å²) in [6, 6.07) is 40.1. The van der Waals surface area contributed by atoms with E-state index in [0.717, 1.165) is 106 Å². The number of rotatable bonds is 16. The first-order valence-electron chi connectivity index (χ1n) is 23.7. The van der Waals surface area contributed by atoms with E-state index in [0.29, 0.717) is 17.8 Å². The van der Waals surface area contributed by atoms with Gasteiger partial charge in [-0.05, 0) is 127 Å². The molecule has 2 aliphatic heterocycles. The second-order valence-corrected chi connectivity index (χ2v) is 17.6. The molecule has 20 nitrogen and oxygen atoms in total. The lowest BCUT2D eigenvalue weighted by Gasteiger charge is -2.36. The maximum absolute atomic E-state index is 4.95. The van der Waals surface area contributed by atoms with Gasteiger partial charge in [0.1, 0.15) is 11.4 Å². The number of hydrogen-bond acceptors (Lipinski definition) is 15. The van der Waals surface area contributed by atoms with E-state index in [4.69, 9.17) is 15.0 Å². The average molecular weight is 974 g/mol. The summed E-state index contributed by atoms with van der Waals surface area (Å²) in [5, 5.41) is 31.4. The minimum absolute atomic E-state index is 0.418. The van der Waals surface area contributed by atoms with Gasteiger partial charge in [-0.3, -0.25) is 0 Å². The standard InChI is InChI=1S/C53H54N20/c1-37-27-28-67(2)48(37)64-61-46-23-25-47(26-24-46)72-33-35-73(36-34-72)51-59-49(56-42-11-7-38(8-12-42)54-40-15-19-44(20-16-40)62-65-52-68(3)29-30-69(52)4)58-50(60-51)57-43-13-9-39(10-14-43)55-41-17-21-45(22-18-41)63-66-53-70(5)31-32-71(53)6/h7-32,61H,1,33-36H2,2-6H3,(H2,56,57,58,59,60,62,63)/p+3. The highest BCUT2D eigenvalue weighted by molar-refractivity contribution is 5.98. The van der Waals surface area contributed by atoms with Crippen LogP contribution in [-0.4, -0.2) is 67.7 Å². The van der Waals surface area contributed by atoms with E-state index >= 15 is 0 Å². The highest BCUT2D eigenvalue weighted by Crippen LogP contribution is 2.28. The zero-order valence-corrected chi connectivity index (χ0v) is 41.3. The molecule has 0 spiro atoms. The molecule has 1 saturated heterocycles. The third kappa shape index (κ3) is 11.5. The van der Waals surface area contributed by atoms with Gasteiger partial charge in [0.25, 0.3) is 0 Å². The largest absolute Gasteiger partial charge is 0.421 e. The zero-order valence-electron chi connectivity index (χ0n) is 41.3. The maximum Gasteiger partial charge on any atom is 0.421 e. The van der Waals surface area contributed by atoms with Crippen molar-refractivity contribution in [2.75, 3.05) is 69.7 Å². The molecule has 5 aromatic carbocycles. The fraction of sp³-hybridized carbons (Fsp3) is 0.170. The topological polar surface area (TPSA) is 187 Å². The Hall–Kier alpha value is -9.72. The number of benzene rings is 5. The Labute approximate surface area is 423 Å². The quantitative estimate of drug-likeness (QED) is 0.0308. The van der Waals surface area contributed by atoms with E-state index in [9.17, 15) is 0 Å². The average Bonchev–Trinajstić information content (AvgIpc) is 4.04. The van der Waals surface area contributed by atoms with Crippen LogP contribution in [0.25, 0.3) is 0 Å². The number of piperazine rings is 1. The molecule has 5 heterocycles. The Bertz CT molecular complexity index is 3140. The second-order valence-electron chi connectivity index (χ2n) is 17.6. The molecule has 0 aliphatic carbocycles. The van der Waals surface area contributed by atoms with Crippen LogP contribution in [0.1, 0.15) is 0 Å². The van der Waals surface area contributed by atoms with Crippen LogP contribution in [0.3, 0.4) is 0 Å². The van der Waals surface area contributed by atoms with E-state index in [2.05, 4.69) is 93.2 Å².